The van der Waals surface area contributed by atoms with Crippen LogP contribution in [0.15, 0.2) is 18.2 Å². The number of H-pyrrole nitrogens is 1. The molecule has 7 nitrogen and oxygen atoms in total. The molecule has 2 aromatic rings. The van der Waals surface area contributed by atoms with Gasteiger partial charge in [0.2, 0.25) is 0 Å². The standard InChI is InChI=1S/C25H29FN4O3/c1-13-21(12-19-18-11-16(26)5-8-20(18)29-23(19)31)27-14(2)22(13)24(32)28-17-6-3-15(4-7-17)25(33)30-9-10-30/h5,8,11-12,15,17,25,27,33H,3-4,6-7,9-10H2,1-2H3,(H,28,32)(H,29,31)/b19-12-. The molecule has 3 heterocycles. The quantitative estimate of drug-likeness (QED) is 0.414. The van der Waals surface area contributed by atoms with Gasteiger partial charge in [-0.15, -0.1) is 0 Å². The molecule has 2 amide bonds. The number of rotatable bonds is 5. The number of benzene rings is 1. The van der Waals surface area contributed by atoms with Gasteiger partial charge in [-0.25, -0.2) is 4.39 Å². The van der Waals surface area contributed by atoms with Crippen LogP contribution in [-0.4, -0.2) is 52.2 Å². The lowest BCUT2D eigenvalue weighted by Crippen LogP contribution is -2.41. The van der Waals surface area contributed by atoms with E-state index in [1.54, 1.807) is 12.1 Å². The average molecular weight is 453 g/mol. The summed E-state index contributed by atoms with van der Waals surface area (Å²) >= 11 is 0. The van der Waals surface area contributed by atoms with E-state index in [9.17, 15) is 19.1 Å². The van der Waals surface area contributed by atoms with E-state index in [1.807, 2.05) is 13.8 Å². The number of carbonyl (C=O) groups excluding carboxylic acids is 2. The number of aromatic nitrogens is 1. The third-order valence-electron chi connectivity index (χ3n) is 7.14. The molecule has 0 spiro atoms. The van der Waals surface area contributed by atoms with Crippen LogP contribution >= 0.6 is 0 Å². The van der Waals surface area contributed by atoms with Crippen LogP contribution in [0.25, 0.3) is 11.6 Å². The molecule has 1 aromatic carbocycles. The third-order valence-corrected chi connectivity index (χ3v) is 7.14. The highest BCUT2D eigenvalue weighted by molar-refractivity contribution is 6.34. The van der Waals surface area contributed by atoms with Crippen molar-refractivity contribution in [2.45, 2.75) is 51.8 Å². The van der Waals surface area contributed by atoms with E-state index >= 15 is 0 Å². The van der Waals surface area contributed by atoms with Crippen LogP contribution in [0.4, 0.5) is 10.1 Å². The molecule has 3 aliphatic rings. The average Bonchev–Trinajstić information content (AvgIpc) is 3.53. The fourth-order valence-electron chi connectivity index (χ4n) is 5.15. The van der Waals surface area contributed by atoms with Crippen LogP contribution in [0, 0.1) is 25.6 Å². The molecule has 1 unspecified atom stereocenters. The largest absolute Gasteiger partial charge is 0.378 e. The Morgan fingerprint density at radius 2 is 1.97 bits per heavy atom. The third kappa shape index (κ3) is 4.20. The molecule has 0 radical (unpaired) electrons. The minimum absolute atomic E-state index is 0.0844. The highest BCUT2D eigenvalue weighted by atomic mass is 19.1. The lowest BCUT2D eigenvalue weighted by Gasteiger charge is -2.32. The maximum absolute atomic E-state index is 13.7. The van der Waals surface area contributed by atoms with Crippen molar-refractivity contribution in [2.24, 2.45) is 5.92 Å². The zero-order valence-electron chi connectivity index (χ0n) is 18.9. The van der Waals surface area contributed by atoms with Gasteiger partial charge in [0.1, 0.15) is 12.0 Å². The van der Waals surface area contributed by atoms with Crippen LogP contribution in [0.1, 0.15) is 58.6 Å². The first-order chi connectivity index (χ1) is 15.8. The Bertz CT molecular complexity index is 1140. The van der Waals surface area contributed by atoms with Crippen molar-refractivity contribution in [2.75, 3.05) is 18.4 Å². The molecule has 4 N–H and O–H groups in total. The topological polar surface area (TPSA) is 97.2 Å². The molecule has 8 heteroatoms. The Morgan fingerprint density at radius 1 is 1.24 bits per heavy atom. The van der Waals surface area contributed by atoms with Crippen LogP contribution < -0.4 is 10.6 Å². The molecule has 5 rings (SSSR count). The number of aliphatic hydroxyl groups excluding tert-OH is 1. The van der Waals surface area contributed by atoms with Gasteiger partial charge in [0.05, 0.1) is 11.1 Å². The van der Waals surface area contributed by atoms with Gasteiger partial charge in [0, 0.05) is 41.8 Å². The maximum atomic E-state index is 13.7. The van der Waals surface area contributed by atoms with Crippen molar-refractivity contribution in [3.63, 3.8) is 0 Å². The Kier molecular flexibility index (Phi) is 5.58. The fraction of sp³-hybridized carbons (Fsp3) is 0.440. The number of hydrogen-bond acceptors (Lipinski definition) is 4. The molecule has 2 fully saturated rings. The monoisotopic (exact) mass is 452 g/mol. The van der Waals surface area contributed by atoms with Gasteiger partial charge >= 0.3 is 0 Å². The summed E-state index contributed by atoms with van der Waals surface area (Å²) in [5.74, 6) is -0.565. The molecule has 33 heavy (non-hydrogen) atoms. The lowest BCUT2D eigenvalue weighted by atomic mass is 9.84. The summed E-state index contributed by atoms with van der Waals surface area (Å²) in [4.78, 5) is 30.8. The highest BCUT2D eigenvalue weighted by Gasteiger charge is 2.35. The van der Waals surface area contributed by atoms with Gasteiger partial charge in [-0.05, 0) is 75.3 Å². The molecule has 174 valence electrons. The second kappa shape index (κ2) is 8.43. The number of nitrogens with zero attached hydrogens (tertiary/aromatic N) is 1. The van der Waals surface area contributed by atoms with Gasteiger partial charge in [-0.2, -0.15) is 0 Å². The summed E-state index contributed by atoms with van der Waals surface area (Å²) in [6.07, 6.45) is 4.83. The van der Waals surface area contributed by atoms with Gasteiger partial charge in [-0.3, -0.25) is 14.5 Å². The van der Waals surface area contributed by atoms with Crippen LogP contribution in [0.3, 0.4) is 0 Å². The van der Waals surface area contributed by atoms with Gasteiger partial charge < -0.3 is 20.7 Å². The molecule has 1 saturated heterocycles. The van der Waals surface area contributed by atoms with Gasteiger partial charge in [0.15, 0.2) is 0 Å². The molecule has 1 atom stereocenters. The molecule has 1 aromatic heterocycles. The number of aliphatic hydroxyl groups is 1. The molecular weight excluding hydrogens is 423 g/mol. The van der Waals surface area contributed by atoms with Crippen LogP contribution in [0.5, 0.6) is 0 Å². The predicted molar refractivity (Wildman–Crippen MR) is 124 cm³/mol. The van der Waals surface area contributed by atoms with Crippen molar-refractivity contribution in [3.05, 3.63) is 52.1 Å². The Hall–Kier alpha value is -2.97. The van der Waals surface area contributed by atoms with Crippen LogP contribution in [-0.2, 0) is 4.79 Å². The van der Waals surface area contributed by atoms with Gasteiger partial charge in [0.25, 0.3) is 11.8 Å². The molecule has 1 aliphatic carbocycles. The van der Waals surface area contributed by atoms with E-state index in [1.165, 1.54) is 12.1 Å². The van der Waals surface area contributed by atoms with Crippen molar-refractivity contribution in [1.82, 2.24) is 15.2 Å². The SMILES string of the molecule is Cc1[nH]c(/C=C2\C(=O)Nc3ccc(F)cc32)c(C)c1C(=O)NC1CCC(C(O)N2CC2)CC1. The number of aromatic amines is 1. The maximum Gasteiger partial charge on any atom is 0.256 e. The van der Waals surface area contributed by atoms with E-state index in [4.69, 9.17) is 0 Å². The molecular formula is C25H29FN4O3. The Balaban J connectivity index is 1.30. The number of nitrogens with one attached hydrogen (secondary N) is 3. The zero-order valence-corrected chi connectivity index (χ0v) is 18.9. The van der Waals surface area contributed by atoms with E-state index in [0.717, 1.165) is 50.0 Å². The molecule has 0 bridgehead atoms. The summed E-state index contributed by atoms with van der Waals surface area (Å²) < 4.78 is 13.7. The first-order valence-corrected chi connectivity index (χ1v) is 11.6. The van der Waals surface area contributed by atoms with Gasteiger partial charge in [-0.1, -0.05) is 0 Å². The van der Waals surface area contributed by atoms with E-state index in [0.29, 0.717) is 28.1 Å². The van der Waals surface area contributed by atoms with Crippen molar-refractivity contribution in [3.8, 4) is 0 Å². The number of carbonyl (C=O) groups is 2. The number of halogens is 1. The number of amides is 2. The number of aryl methyl sites for hydroxylation is 1. The van der Waals surface area contributed by atoms with E-state index < -0.39 is 5.82 Å². The molecule has 2 aliphatic heterocycles. The Morgan fingerprint density at radius 3 is 2.67 bits per heavy atom. The number of hydrogen-bond donors (Lipinski definition) is 4. The molecule has 1 saturated carbocycles. The first kappa shape index (κ1) is 21.9. The van der Waals surface area contributed by atoms with Crippen LogP contribution in [0.2, 0.25) is 0 Å². The summed E-state index contributed by atoms with van der Waals surface area (Å²) in [6, 6.07) is 4.28. The van der Waals surface area contributed by atoms with Crippen molar-refractivity contribution < 1.29 is 19.1 Å². The summed E-state index contributed by atoms with van der Waals surface area (Å²) in [7, 11) is 0. The van der Waals surface area contributed by atoms with Crippen molar-refractivity contribution in [1.29, 1.82) is 0 Å². The number of anilines is 1. The second-order valence-corrected chi connectivity index (χ2v) is 9.40. The van der Waals surface area contributed by atoms with E-state index in [-0.39, 0.29) is 30.0 Å². The minimum atomic E-state index is -0.410. The normalized spacial score (nSPS) is 24.5. The number of fused-ring (bicyclic) bond motifs is 1. The first-order valence-electron chi connectivity index (χ1n) is 11.6. The lowest BCUT2D eigenvalue weighted by molar-refractivity contribution is -0.110. The summed E-state index contributed by atoms with van der Waals surface area (Å²) in [5.41, 5.74) is 4.16. The van der Waals surface area contributed by atoms with E-state index in [2.05, 4.69) is 20.5 Å². The zero-order chi connectivity index (χ0) is 23.3. The Labute approximate surface area is 192 Å². The van der Waals surface area contributed by atoms with Crippen molar-refractivity contribution >= 4 is 29.2 Å². The predicted octanol–water partition coefficient (Wildman–Crippen LogP) is 3.19. The second-order valence-electron chi connectivity index (χ2n) is 9.40. The summed E-state index contributed by atoms with van der Waals surface area (Å²) in [5, 5.41) is 16.2. The minimum Gasteiger partial charge on any atom is -0.378 e. The summed E-state index contributed by atoms with van der Waals surface area (Å²) in [6.45, 7) is 5.64. The smallest absolute Gasteiger partial charge is 0.256 e. The highest BCUT2D eigenvalue weighted by Crippen LogP contribution is 2.35. The fourth-order valence-corrected chi connectivity index (χ4v) is 5.15.